The van der Waals surface area contributed by atoms with Gasteiger partial charge in [0.1, 0.15) is 0 Å². The smallest absolute Gasteiger partial charge is 0.306 e. The summed E-state index contributed by atoms with van der Waals surface area (Å²) < 4.78 is 5.76. The van der Waals surface area contributed by atoms with Crippen LogP contribution in [0.15, 0.2) is 0 Å². The van der Waals surface area contributed by atoms with E-state index in [4.69, 9.17) is 9.84 Å². The molecule has 1 aliphatic carbocycles. The van der Waals surface area contributed by atoms with Gasteiger partial charge in [0.2, 0.25) is 0 Å². The number of rotatable bonds is 2. The lowest BCUT2D eigenvalue weighted by Crippen LogP contribution is -2.37. The van der Waals surface area contributed by atoms with Crippen LogP contribution >= 0.6 is 0 Å². The fourth-order valence-electron chi connectivity index (χ4n) is 2.85. The third kappa shape index (κ3) is 2.95. The molecule has 0 amide bonds. The second-order valence-corrected chi connectivity index (χ2v) is 5.22. The van der Waals surface area contributed by atoms with Crippen molar-refractivity contribution in [1.82, 2.24) is 5.32 Å². The highest BCUT2D eigenvalue weighted by Gasteiger charge is 2.35. The highest BCUT2D eigenvalue weighted by Crippen LogP contribution is 2.37. The van der Waals surface area contributed by atoms with Crippen molar-refractivity contribution in [3.05, 3.63) is 0 Å². The van der Waals surface area contributed by atoms with Crippen LogP contribution < -0.4 is 5.32 Å². The first-order valence-electron chi connectivity index (χ1n) is 6.24. The number of carboxylic acid groups (broad SMARTS) is 1. The molecule has 1 saturated heterocycles. The summed E-state index contributed by atoms with van der Waals surface area (Å²) in [5.41, 5.74) is 0.283. The predicted octanol–water partition coefficient (Wildman–Crippen LogP) is 1.40. The van der Waals surface area contributed by atoms with Gasteiger partial charge in [-0.15, -0.1) is 0 Å². The van der Waals surface area contributed by atoms with E-state index < -0.39 is 5.97 Å². The summed E-state index contributed by atoms with van der Waals surface area (Å²) in [4.78, 5) is 10.6. The Morgan fingerprint density at radius 3 is 2.81 bits per heavy atom. The zero-order valence-electron chi connectivity index (χ0n) is 9.71. The summed E-state index contributed by atoms with van der Waals surface area (Å²) in [5.74, 6) is -0.772. The minimum atomic E-state index is -0.772. The Kier molecular flexibility index (Phi) is 3.82. The van der Waals surface area contributed by atoms with E-state index in [0.29, 0.717) is 6.54 Å². The number of carboxylic acids is 1. The molecule has 1 atom stereocenters. The number of carbonyl (C=O) groups is 1. The molecular weight excluding hydrogens is 206 g/mol. The van der Waals surface area contributed by atoms with Crippen molar-refractivity contribution >= 4 is 5.97 Å². The Balaban J connectivity index is 1.89. The first kappa shape index (κ1) is 11.9. The number of nitrogens with one attached hydrogen (secondary N) is 1. The minimum absolute atomic E-state index is 0.114. The van der Waals surface area contributed by atoms with Crippen LogP contribution in [0.3, 0.4) is 0 Å². The second kappa shape index (κ2) is 5.15. The maximum Gasteiger partial charge on any atom is 0.306 e. The maximum absolute atomic E-state index is 10.6. The Labute approximate surface area is 96.4 Å². The van der Waals surface area contributed by atoms with Crippen molar-refractivity contribution in [3.8, 4) is 0 Å². The van der Waals surface area contributed by atoms with Crippen LogP contribution in [-0.2, 0) is 9.53 Å². The molecule has 2 fully saturated rings. The SMILES string of the molecule is O=C(O)CC1CNCC2(CCCCC2)CO1. The summed E-state index contributed by atoms with van der Waals surface area (Å²) in [6.07, 6.45) is 6.31. The van der Waals surface area contributed by atoms with E-state index in [1.165, 1.54) is 32.1 Å². The molecule has 1 saturated carbocycles. The average Bonchev–Trinajstić information content (AvgIpc) is 2.43. The molecule has 2 rings (SSSR count). The molecule has 1 spiro atoms. The van der Waals surface area contributed by atoms with Crippen LogP contribution in [0.1, 0.15) is 38.5 Å². The van der Waals surface area contributed by atoms with Crippen LogP contribution in [0.25, 0.3) is 0 Å². The molecule has 0 aromatic heterocycles. The van der Waals surface area contributed by atoms with Crippen molar-refractivity contribution in [2.24, 2.45) is 5.41 Å². The van der Waals surface area contributed by atoms with E-state index >= 15 is 0 Å². The topological polar surface area (TPSA) is 58.6 Å². The summed E-state index contributed by atoms with van der Waals surface area (Å²) in [7, 11) is 0. The second-order valence-electron chi connectivity index (χ2n) is 5.22. The van der Waals surface area contributed by atoms with E-state index in [2.05, 4.69) is 5.32 Å². The lowest BCUT2D eigenvalue weighted by Gasteiger charge is -2.35. The van der Waals surface area contributed by atoms with Crippen molar-refractivity contribution in [1.29, 1.82) is 0 Å². The van der Waals surface area contributed by atoms with Gasteiger partial charge in [-0.2, -0.15) is 0 Å². The van der Waals surface area contributed by atoms with Gasteiger partial charge in [0.25, 0.3) is 0 Å². The molecule has 0 bridgehead atoms. The lowest BCUT2D eigenvalue weighted by atomic mass is 9.75. The highest BCUT2D eigenvalue weighted by molar-refractivity contribution is 5.67. The number of aliphatic carboxylic acids is 1. The summed E-state index contributed by atoms with van der Waals surface area (Å²) in [5, 5.41) is 12.1. The molecule has 0 aromatic rings. The van der Waals surface area contributed by atoms with Crippen LogP contribution in [0.2, 0.25) is 0 Å². The third-order valence-electron chi connectivity index (χ3n) is 3.81. The van der Waals surface area contributed by atoms with E-state index in [-0.39, 0.29) is 17.9 Å². The van der Waals surface area contributed by atoms with Crippen molar-refractivity contribution in [2.75, 3.05) is 19.7 Å². The zero-order valence-corrected chi connectivity index (χ0v) is 9.71. The van der Waals surface area contributed by atoms with Crippen molar-refractivity contribution < 1.29 is 14.6 Å². The Hall–Kier alpha value is -0.610. The first-order chi connectivity index (χ1) is 7.70. The maximum atomic E-state index is 10.6. The standard InChI is InChI=1S/C12H21NO3/c14-11(15)6-10-7-13-8-12(9-16-10)4-2-1-3-5-12/h10,13H,1-9H2,(H,14,15). The number of ether oxygens (including phenoxy) is 1. The fourth-order valence-corrected chi connectivity index (χ4v) is 2.85. The normalized spacial score (nSPS) is 29.9. The van der Waals surface area contributed by atoms with Gasteiger partial charge in [-0.1, -0.05) is 19.3 Å². The van der Waals surface area contributed by atoms with Crippen LogP contribution in [0.5, 0.6) is 0 Å². The zero-order chi connectivity index (χ0) is 11.4. The molecular formula is C12H21NO3. The van der Waals surface area contributed by atoms with Crippen LogP contribution in [0.4, 0.5) is 0 Å². The summed E-state index contributed by atoms with van der Waals surface area (Å²) in [6.45, 7) is 2.40. The Morgan fingerprint density at radius 2 is 2.12 bits per heavy atom. The largest absolute Gasteiger partial charge is 0.481 e. The number of hydrogen-bond donors (Lipinski definition) is 2. The summed E-state index contributed by atoms with van der Waals surface area (Å²) in [6, 6.07) is 0. The van der Waals surface area contributed by atoms with E-state index in [1.54, 1.807) is 0 Å². The molecule has 2 aliphatic rings. The quantitative estimate of drug-likeness (QED) is 0.748. The van der Waals surface area contributed by atoms with Crippen molar-refractivity contribution in [3.63, 3.8) is 0 Å². The van der Waals surface area contributed by atoms with Crippen LogP contribution in [0, 0.1) is 5.41 Å². The van der Waals surface area contributed by atoms with E-state index in [1.807, 2.05) is 0 Å². The minimum Gasteiger partial charge on any atom is -0.481 e. The van der Waals surface area contributed by atoms with E-state index in [0.717, 1.165) is 13.2 Å². The van der Waals surface area contributed by atoms with Crippen LogP contribution in [-0.4, -0.2) is 36.9 Å². The molecule has 1 unspecified atom stereocenters. The van der Waals surface area contributed by atoms with Gasteiger partial charge < -0.3 is 15.2 Å². The highest BCUT2D eigenvalue weighted by atomic mass is 16.5. The molecule has 2 N–H and O–H groups in total. The Morgan fingerprint density at radius 1 is 1.38 bits per heavy atom. The molecule has 4 nitrogen and oxygen atoms in total. The first-order valence-corrected chi connectivity index (χ1v) is 6.24. The van der Waals surface area contributed by atoms with Gasteiger partial charge in [-0.25, -0.2) is 0 Å². The summed E-state index contributed by atoms with van der Waals surface area (Å²) >= 11 is 0. The van der Waals surface area contributed by atoms with Gasteiger partial charge in [0.05, 0.1) is 19.1 Å². The Bertz CT molecular complexity index is 249. The van der Waals surface area contributed by atoms with E-state index in [9.17, 15) is 4.79 Å². The van der Waals surface area contributed by atoms with Gasteiger partial charge in [-0.05, 0) is 12.8 Å². The monoisotopic (exact) mass is 227 g/mol. The average molecular weight is 227 g/mol. The lowest BCUT2D eigenvalue weighted by molar-refractivity contribution is -0.140. The molecule has 92 valence electrons. The van der Waals surface area contributed by atoms with Gasteiger partial charge in [-0.3, -0.25) is 4.79 Å². The molecule has 4 heteroatoms. The fraction of sp³-hybridized carbons (Fsp3) is 0.917. The molecule has 0 aromatic carbocycles. The molecule has 1 aliphatic heterocycles. The van der Waals surface area contributed by atoms with Crippen molar-refractivity contribution in [2.45, 2.75) is 44.6 Å². The predicted molar refractivity (Wildman–Crippen MR) is 60.4 cm³/mol. The van der Waals surface area contributed by atoms with Gasteiger partial charge >= 0.3 is 5.97 Å². The molecule has 0 radical (unpaired) electrons. The number of hydrogen-bond acceptors (Lipinski definition) is 3. The third-order valence-corrected chi connectivity index (χ3v) is 3.81. The van der Waals surface area contributed by atoms with Gasteiger partial charge in [0.15, 0.2) is 0 Å². The molecule has 1 heterocycles. The molecule has 16 heavy (non-hydrogen) atoms. The van der Waals surface area contributed by atoms with Gasteiger partial charge in [0, 0.05) is 18.5 Å².